The summed E-state index contributed by atoms with van der Waals surface area (Å²) in [4.78, 5) is 9.60. The van der Waals surface area contributed by atoms with Crippen molar-refractivity contribution in [3.63, 3.8) is 0 Å². The lowest BCUT2D eigenvalue weighted by atomic mass is 9.88. The van der Waals surface area contributed by atoms with Gasteiger partial charge in [0.25, 0.3) is 0 Å². The van der Waals surface area contributed by atoms with Gasteiger partial charge in [0.05, 0.1) is 33.8 Å². The van der Waals surface area contributed by atoms with Crippen LogP contribution in [0.4, 0.5) is 34.1 Å². The fourth-order valence-corrected chi connectivity index (χ4v) is 18.7. The van der Waals surface area contributed by atoms with Crippen molar-refractivity contribution < 1.29 is 4.74 Å². The predicted molar refractivity (Wildman–Crippen MR) is 475 cm³/mol. The summed E-state index contributed by atoms with van der Waals surface area (Å²) in [6, 6.07) is 74.1. The Hall–Kier alpha value is -11.0. The van der Waals surface area contributed by atoms with E-state index in [1.807, 2.05) is 30.0 Å². The summed E-state index contributed by atoms with van der Waals surface area (Å²) >= 11 is 1.88. The molecular weight excluding hydrogens is 1340 g/mol. The van der Waals surface area contributed by atoms with Gasteiger partial charge in [-0.1, -0.05) is 151 Å². The molecule has 109 heavy (non-hydrogen) atoms. The molecule has 550 valence electrons. The van der Waals surface area contributed by atoms with E-state index >= 15 is 0 Å². The molecule has 0 unspecified atom stereocenters. The standard InChI is InChI=1S/C21H18.C17H19N.C16H17NO.C16H17NS.2C16H17N/c1-13-12-20-18-10-5-4-8-16(18)17-9-6-7-11-19(17)21(20)15(3)14(13)2;1-11-9-15-10-14-7-5-6-8-16(14)18(4)17(15)13(3)12(11)2;2*1-10-9-15-16(12(3)11(10)2)17(4)13-7-5-6-8-14(13)18-15;2*1-10-9-14-13-7-5-6-8-15(13)17(4)16(14)12(3)11(10)2/h4-12H,1-3H3;5-9H,10H2,1-4H3;2*5-9H,1-4H3;2*5-9H,1-4H3. The number of hydrogen-bond donors (Lipinski definition) is 0. The van der Waals surface area contributed by atoms with E-state index in [2.05, 4.69) is 372 Å². The van der Waals surface area contributed by atoms with Crippen molar-refractivity contribution in [2.24, 2.45) is 14.1 Å². The molecule has 0 radical (unpaired) electrons. The maximum absolute atomic E-state index is 6.02. The minimum absolute atomic E-state index is 0.926. The van der Waals surface area contributed by atoms with Crippen LogP contribution in [0, 0.1) is 125 Å². The molecule has 16 aromatic rings. The van der Waals surface area contributed by atoms with Crippen molar-refractivity contribution in [1.29, 1.82) is 0 Å². The van der Waals surface area contributed by atoms with Gasteiger partial charge in [0.15, 0.2) is 11.5 Å². The molecule has 0 saturated carbocycles. The van der Waals surface area contributed by atoms with E-state index in [0.29, 0.717) is 0 Å². The zero-order valence-corrected chi connectivity index (χ0v) is 69.2. The average Bonchev–Trinajstić information content (AvgIpc) is 1.71. The third-order valence-electron chi connectivity index (χ3n) is 24.9. The van der Waals surface area contributed by atoms with Gasteiger partial charge in [-0.3, -0.25) is 0 Å². The highest BCUT2D eigenvalue weighted by atomic mass is 32.2. The number of rotatable bonds is 0. The van der Waals surface area contributed by atoms with E-state index in [1.165, 1.54) is 225 Å². The number of fused-ring (bicyclic) bond motifs is 18. The highest BCUT2D eigenvalue weighted by Gasteiger charge is 2.27. The molecule has 2 aromatic heterocycles. The molecular formula is C102H105N5OS. The van der Waals surface area contributed by atoms with Gasteiger partial charge in [-0.15, -0.1) is 0 Å². The number of ether oxygens (including phenoxy) is 1. The number of aromatic nitrogens is 2. The normalized spacial score (nSPS) is 12.3. The molecule has 0 atom stereocenters. The Bertz CT molecular complexity index is 5940. The number of benzene rings is 14. The summed E-state index contributed by atoms with van der Waals surface area (Å²) in [5.74, 6) is 1.88. The second-order valence-corrected chi connectivity index (χ2v) is 32.0. The monoisotopic (exact) mass is 1450 g/mol. The first-order chi connectivity index (χ1) is 52.2. The lowest BCUT2D eigenvalue weighted by Gasteiger charge is -2.32. The fraction of sp³-hybridized carbons (Fsp3) is 0.235. The molecule has 3 aliphatic rings. The van der Waals surface area contributed by atoms with Crippen molar-refractivity contribution in [3.8, 4) is 11.5 Å². The second-order valence-electron chi connectivity index (χ2n) is 30.9. The van der Waals surface area contributed by atoms with Crippen LogP contribution in [0.1, 0.15) is 111 Å². The highest BCUT2D eigenvalue weighted by Crippen LogP contribution is 2.52. The first kappa shape index (κ1) is 74.8. The Morgan fingerprint density at radius 2 is 0.633 bits per heavy atom. The molecule has 0 bridgehead atoms. The fourth-order valence-electron chi connectivity index (χ4n) is 17.4. The number of nitrogens with zero attached hydrogens (tertiary/aromatic N) is 5. The number of anilines is 6. The number of hydrogen-bond acceptors (Lipinski definition) is 5. The van der Waals surface area contributed by atoms with E-state index in [-0.39, 0.29) is 0 Å². The van der Waals surface area contributed by atoms with Crippen LogP contribution in [-0.4, -0.2) is 30.3 Å². The van der Waals surface area contributed by atoms with Gasteiger partial charge < -0.3 is 28.6 Å². The minimum Gasteiger partial charge on any atom is -0.453 e. The Kier molecular flexibility index (Phi) is 20.5. The van der Waals surface area contributed by atoms with E-state index in [4.69, 9.17) is 4.74 Å². The summed E-state index contributed by atoms with van der Waals surface area (Å²) < 4.78 is 10.6. The topological polar surface area (TPSA) is 28.8 Å². The molecule has 0 saturated heterocycles. The molecule has 0 spiro atoms. The van der Waals surface area contributed by atoms with Crippen molar-refractivity contribution in [2.45, 2.75) is 141 Å². The van der Waals surface area contributed by atoms with Crippen LogP contribution in [0.3, 0.4) is 0 Å². The number of para-hydroxylation sites is 6. The highest BCUT2D eigenvalue weighted by molar-refractivity contribution is 7.99. The molecule has 7 heteroatoms. The van der Waals surface area contributed by atoms with E-state index in [9.17, 15) is 0 Å². The third-order valence-corrected chi connectivity index (χ3v) is 26.0. The van der Waals surface area contributed by atoms with Crippen LogP contribution in [0.25, 0.3) is 75.9 Å². The Labute approximate surface area is 651 Å². The lowest BCUT2D eigenvalue weighted by Crippen LogP contribution is -2.20. The number of aryl methyl sites for hydroxylation is 11. The van der Waals surface area contributed by atoms with Crippen molar-refractivity contribution in [1.82, 2.24) is 9.13 Å². The molecule has 3 aliphatic heterocycles. The second kappa shape index (κ2) is 29.9. The van der Waals surface area contributed by atoms with Gasteiger partial charge in [-0.05, 0) is 335 Å². The summed E-state index contributed by atoms with van der Waals surface area (Å²) in [5, 5.41) is 13.7. The first-order valence-electron chi connectivity index (χ1n) is 38.5. The Morgan fingerprint density at radius 1 is 0.257 bits per heavy atom. The Morgan fingerprint density at radius 3 is 1.20 bits per heavy atom. The molecule has 6 nitrogen and oxygen atoms in total. The summed E-state index contributed by atoms with van der Waals surface area (Å²) in [6.45, 7) is 39.7. The molecule has 19 rings (SSSR count). The van der Waals surface area contributed by atoms with E-state index in [0.717, 1.165) is 23.6 Å². The SMILES string of the molecule is Cc1cc2c(c(C)c1C)N(C)c1ccccc1C2.Cc1cc2c(c(C)c1C)N(C)c1ccccc1O2.Cc1cc2c(c(C)c1C)N(C)c1ccccc1S2.Cc1cc2c3ccccc3c3ccccc3c2c(C)c1C.Cc1cc2c3ccccc3n(C)c2c(C)c1C.Cc1cc2c3ccccc3n(C)c2c(C)c1C. The molecule has 14 aromatic carbocycles. The largest absolute Gasteiger partial charge is 0.453 e. The molecule has 0 amide bonds. The van der Waals surface area contributed by atoms with Gasteiger partial charge in [0.2, 0.25) is 0 Å². The van der Waals surface area contributed by atoms with Crippen LogP contribution >= 0.6 is 11.8 Å². The van der Waals surface area contributed by atoms with Crippen molar-refractivity contribution >= 4 is 122 Å². The smallest absolute Gasteiger partial charge is 0.151 e. The van der Waals surface area contributed by atoms with Crippen LogP contribution in [0.5, 0.6) is 11.5 Å². The van der Waals surface area contributed by atoms with Gasteiger partial charge in [-0.2, -0.15) is 0 Å². The summed E-state index contributed by atoms with van der Waals surface area (Å²) in [6.07, 6.45) is 1.05. The van der Waals surface area contributed by atoms with E-state index in [1.54, 1.807) is 0 Å². The van der Waals surface area contributed by atoms with Crippen LogP contribution in [0.15, 0.2) is 216 Å². The van der Waals surface area contributed by atoms with Crippen molar-refractivity contribution in [2.75, 3.05) is 35.8 Å². The average molecular weight is 1450 g/mol. The lowest BCUT2D eigenvalue weighted by molar-refractivity contribution is 0.474. The molecule has 0 N–H and O–H groups in total. The molecule has 0 aliphatic carbocycles. The molecule has 0 fully saturated rings. The Balaban J connectivity index is 0.000000109. The quantitative estimate of drug-likeness (QED) is 0.141. The van der Waals surface area contributed by atoms with Gasteiger partial charge in [-0.25, -0.2) is 0 Å². The van der Waals surface area contributed by atoms with Crippen LogP contribution < -0.4 is 19.4 Å². The minimum atomic E-state index is 0.926. The van der Waals surface area contributed by atoms with Gasteiger partial charge in [0.1, 0.15) is 0 Å². The van der Waals surface area contributed by atoms with Crippen molar-refractivity contribution in [3.05, 3.63) is 318 Å². The summed E-state index contributed by atoms with van der Waals surface area (Å²) in [5.41, 5.74) is 40.9. The van der Waals surface area contributed by atoms with Crippen LogP contribution in [-0.2, 0) is 20.5 Å². The first-order valence-corrected chi connectivity index (χ1v) is 39.3. The van der Waals surface area contributed by atoms with Crippen LogP contribution in [0.2, 0.25) is 0 Å². The maximum atomic E-state index is 6.02. The van der Waals surface area contributed by atoms with Gasteiger partial charge >= 0.3 is 0 Å². The zero-order valence-electron chi connectivity index (χ0n) is 68.4. The summed E-state index contributed by atoms with van der Waals surface area (Å²) in [7, 11) is 10.8. The zero-order chi connectivity index (χ0) is 77.5. The molecule has 5 heterocycles. The maximum Gasteiger partial charge on any atom is 0.151 e. The predicted octanol–water partition coefficient (Wildman–Crippen LogP) is 28.2. The third kappa shape index (κ3) is 13.2. The van der Waals surface area contributed by atoms with E-state index < -0.39 is 0 Å². The van der Waals surface area contributed by atoms with Gasteiger partial charge in [0, 0.05) is 95.4 Å².